The molecule has 1 aliphatic heterocycles. The number of ether oxygens (including phenoxy) is 5. The molecule has 2 aromatic rings. The Hall–Kier alpha value is -2.60. The molecule has 146 valence electrons. The molecule has 3 rings (SSSR count). The van der Waals surface area contributed by atoms with Gasteiger partial charge in [-0.3, -0.25) is 0 Å². The lowest BCUT2D eigenvalue weighted by Crippen LogP contribution is -2.26. The van der Waals surface area contributed by atoms with Crippen molar-refractivity contribution in [3.05, 3.63) is 41.5 Å². The Morgan fingerprint density at radius 3 is 2.00 bits per heavy atom. The van der Waals surface area contributed by atoms with Crippen LogP contribution in [0.5, 0.6) is 28.7 Å². The first kappa shape index (κ1) is 19.2. The van der Waals surface area contributed by atoms with Gasteiger partial charge in [-0.25, -0.2) is 0 Å². The van der Waals surface area contributed by atoms with Crippen molar-refractivity contribution in [1.82, 2.24) is 0 Å². The van der Waals surface area contributed by atoms with E-state index in [2.05, 4.69) is 13.8 Å². The molecular weight excluding hydrogens is 348 g/mol. The van der Waals surface area contributed by atoms with Gasteiger partial charge in [0.1, 0.15) is 6.10 Å². The van der Waals surface area contributed by atoms with Gasteiger partial charge in [0, 0.05) is 5.41 Å². The molecule has 0 fully saturated rings. The monoisotopic (exact) mass is 374 g/mol. The van der Waals surface area contributed by atoms with Crippen LogP contribution in [0.1, 0.15) is 31.1 Å². The fraction of sp³-hybridized carbons (Fsp3) is 0.429. The van der Waals surface area contributed by atoms with E-state index < -0.39 is 6.10 Å². The molecule has 0 saturated heterocycles. The van der Waals surface area contributed by atoms with Gasteiger partial charge in [0.05, 0.1) is 34.5 Å². The number of aliphatic hydroxyl groups is 1. The molecule has 1 heterocycles. The second-order valence-electron chi connectivity index (χ2n) is 7.31. The first-order chi connectivity index (χ1) is 12.9. The molecule has 27 heavy (non-hydrogen) atoms. The Labute approximate surface area is 159 Å². The third kappa shape index (κ3) is 3.90. The number of benzene rings is 2. The van der Waals surface area contributed by atoms with E-state index in [1.807, 2.05) is 18.2 Å². The first-order valence-electron chi connectivity index (χ1n) is 8.76. The van der Waals surface area contributed by atoms with Gasteiger partial charge in [-0.1, -0.05) is 19.9 Å². The molecule has 2 aromatic carbocycles. The molecule has 0 bridgehead atoms. The zero-order valence-corrected chi connectivity index (χ0v) is 16.4. The van der Waals surface area contributed by atoms with Crippen LogP contribution < -0.4 is 23.7 Å². The van der Waals surface area contributed by atoms with E-state index in [0.717, 1.165) is 0 Å². The van der Waals surface area contributed by atoms with E-state index in [4.69, 9.17) is 23.7 Å². The average molecular weight is 374 g/mol. The largest absolute Gasteiger partial charge is 0.493 e. The molecule has 0 aromatic heterocycles. The molecule has 6 nitrogen and oxygen atoms in total. The first-order valence-corrected chi connectivity index (χ1v) is 8.76. The second kappa shape index (κ2) is 7.56. The number of hydrogen-bond acceptors (Lipinski definition) is 6. The van der Waals surface area contributed by atoms with Gasteiger partial charge >= 0.3 is 0 Å². The minimum atomic E-state index is -0.885. The second-order valence-corrected chi connectivity index (χ2v) is 7.31. The van der Waals surface area contributed by atoms with Gasteiger partial charge in [0.15, 0.2) is 23.0 Å². The van der Waals surface area contributed by atoms with E-state index in [0.29, 0.717) is 53.1 Å². The quantitative estimate of drug-likeness (QED) is 0.863. The van der Waals surface area contributed by atoms with E-state index in [-0.39, 0.29) is 5.41 Å². The Balaban J connectivity index is 1.95. The summed E-state index contributed by atoms with van der Waals surface area (Å²) in [6, 6.07) is 8.93. The minimum Gasteiger partial charge on any atom is -0.493 e. The predicted molar refractivity (Wildman–Crippen MR) is 101 cm³/mol. The highest BCUT2D eigenvalue weighted by atomic mass is 16.5. The smallest absolute Gasteiger partial charge is 0.203 e. The summed E-state index contributed by atoms with van der Waals surface area (Å²) >= 11 is 0. The van der Waals surface area contributed by atoms with Gasteiger partial charge < -0.3 is 28.8 Å². The summed E-state index contributed by atoms with van der Waals surface area (Å²) in [6.07, 6.45) is -0.885. The molecule has 6 heteroatoms. The maximum absolute atomic E-state index is 10.9. The van der Waals surface area contributed by atoms with Gasteiger partial charge in [-0.2, -0.15) is 0 Å². The van der Waals surface area contributed by atoms with Gasteiger partial charge in [0.2, 0.25) is 5.75 Å². The summed E-state index contributed by atoms with van der Waals surface area (Å²) in [5.74, 6) is 2.77. The van der Waals surface area contributed by atoms with Crippen LogP contribution >= 0.6 is 0 Å². The standard InChI is InChI=1S/C21H26O6/c1-21(2)11-26-15-7-6-13(8-16(15)27-12-21)19(22)14-9-17(23-3)20(25-5)18(10-14)24-4/h6-10,19,22H,11-12H2,1-5H3. The molecule has 0 radical (unpaired) electrons. The molecule has 0 saturated carbocycles. The number of rotatable bonds is 5. The van der Waals surface area contributed by atoms with E-state index >= 15 is 0 Å². The summed E-state index contributed by atoms with van der Waals surface area (Å²) in [5, 5.41) is 10.9. The van der Waals surface area contributed by atoms with Crippen LogP contribution in [0, 0.1) is 5.41 Å². The highest BCUT2D eigenvalue weighted by Crippen LogP contribution is 2.42. The van der Waals surface area contributed by atoms with Crippen molar-refractivity contribution in [2.24, 2.45) is 5.41 Å². The maximum atomic E-state index is 10.9. The summed E-state index contributed by atoms with van der Waals surface area (Å²) in [4.78, 5) is 0. The highest BCUT2D eigenvalue weighted by Gasteiger charge is 2.26. The number of aliphatic hydroxyl groups excluding tert-OH is 1. The van der Waals surface area contributed by atoms with Crippen molar-refractivity contribution in [1.29, 1.82) is 0 Å². The van der Waals surface area contributed by atoms with Crippen LogP contribution in [0.25, 0.3) is 0 Å². The molecule has 1 N–H and O–H groups in total. The minimum absolute atomic E-state index is 0.0749. The zero-order valence-electron chi connectivity index (χ0n) is 16.4. The van der Waals surface area contributed by atoms with Crippen LogP contribution in [0.4, 0.5) is 0 Å². The number of fused-ring (bicyclic) bond motifs is 1. The highest BCUT2D eigenvalue weighted by molar-refractivity contribution is 5.55. The van der Waals surface area contributed by atoms with Gasteiger partial charge in [-0.15, -0.1) is 0 Å². The predicted octanol–water partition coefficient (Wildman–Crippen LogP) is 3.59. The fourth-order valence-corrected chi connectivity index (χ4v) is 2.97. The van der Waals surface area contributed by atoms with Crippen molar-refractivity contribution >= 4 is 0 Å². The van der Waals surface area contributed by atoms with E-state index in [9.17, 15) is 5.11 Å². The van der Waals surface area contributed by atoms with Crippen LogP contribution in [0.2, 0.25) is 0 Å². The zero-order chi connectivity index (χ0) is 19.6. The third-order valence-corrected chi connectivity index (χ3v) is 4.52. The van der Waals surface area contributed by atoms with E-state index in [1.54, 1.807) is 33.5 Å². The van der Waals surface area contributed by atoms with Gasteiger partial charge in [0.25, 0.3) is 0 Å². The van der Waals surface area contributed by atoms with Crippen molar-refractivity contribution < 1.29 is 28.8 Å². The molecular formula is C21H26O6. The van der Waals surface area contributed by atoms with Crippen molar-refractivity contribution in [2.45, 2.75) is 20.0 Å². The maximum Gasteiger partial charge on any atom is 0.203 e. The Bertz CT molecular complexity index is 789. The Morgan fingerprint density at radius 1 is 0.852 bits per heavy atom. The topological polar surface area (TPSA) is 66.4 Å². The van der Waals surface area contributed by atoms with Crippen molar-refractivity contribution in [2.75, 3.05) is 34.5 Å². The van der Waals surface area contributed by atoms with Crippen molar-refractivity contribution in [3.63, 3.8) is 0 Å². The molecule has 0 aliphatic carbocycles. The van der Waals surface area contributed by atoms with Crippen LogP contribution in [0.15, 0.2) is 30.3 Å². The summed E-state index contributed by atoms with van der Waals surface area (Å²) < 4.78 is 27.8. The van der Waals surface area contributed by atoms with Crippen LogP contribution in [-0.4, -0.2) is 39.6 Å². The molecule has 1 aliphatic rings. The third-order valence-electron chi connectivity index (χ3n) is 4.52. The normalized spacial score (nSPS) is 16.2. The Kier molecular flexibility index (Phi) is 5.37. The number of methoxy groups -OCH3 is 3. The lowest BCUT2D eigenvalue weighted by molar-refractivity contribution is 0.140. The number of hydrogen-bond donors (Lipinski definition) is 1. The average Bonchev–Trinajstić information content (AvgIpc) is 2.84. The van der Waals surface area contributed by atoms with Gasteiger partial charge in [-0.05, 0) is 35.4 Å². The lowest BCUT2D eigenvalue weighted by Gasteiger charge is -2.19. The molecule has 0 amide bonds. The van der Waals surface area contributed by atoms with E-state index in [1.165, 1.54) is 0 Å². The summed E-state index contributed by atoms with van der Waals surface area (Å²) in [5.41, 5.74) is 1.24. The molecule has 1 unspecified atom stereocenters. The van der Waals surface area contributed by atoms with Crippen LogP contribution in [-0.2, 0) is 0 Å². The summed E-state index contributed by atoms with van der Waals surface area (Å²) in [6.45, 7) is 5.30. The SMILES string of the molecule is COc1cc(C(O)c2ccc3c(c2)OCC(C)(C)CO3)cc(OC)c1OC. The Morgan fingerprint density at radius 2 is 1.44 bits per heavy atom. The summed E-state index contributed by atoms with van der Waals surface area (Å²) in [7, 11) is 4.63. The molecule has 0 spiro atoms. The van der Waals surface area contributed by atoms with Crippen LogP contribution in [0.3, 0.4) is 0 Å². The molecule has 1 atom stereocenters. The van der Waals surface area contributed by atoms with Crippen molar-refractivity contribution in [3.8, 4) is 28.7 Å². The lowest BCUT2D eigenvalue weighted by atomic mass is 9.97. The fourth-order valence-electron chi connectivity index (χ4n) is 2.97.